The van der Waals surface area contributed by atoms with Gasteiger partial charge in [0.15, 0.2) is 0 Å². The van der Waals surface area contributed by atoms with E-state index in [-0.39, 0.29) is 18.1 Å². The minimum Gasteiger partial charge on any atom is -0.380 e. The minimum atomic E-state index is -0.235. The van der Waals surface area contributed by atoms with Crippen molar-refractivity contribution in [1.82, 2.24) is 9.80 Å². The molecule has 1 aliphatic rings. The lowest BCUT2D eigenvalue weighted by Gasteiger charge is -2.35. The van der Waals surface area contributed by atoms with Gasteiger partial charge in [-0.05, 0) is 12.5 Å². The number of nitrogens with zero attached hydrogens (tertiary/aromatic N) is 2. The first kappa shape index (κ1) is 19.8. The predicted octanol–water partition coefficient (Wildman–Crippen LogP) is 1.10. The number of methoxy groups -OCH3 is 1. The van der Waals surface area contributed by atoms with Crippen molar-refractivity contribution in [3.63, 3.8) is 0 Å². The van der Waals surface area contributed by atoms with Crippen molar-refractivity contribution >= 4 is 5.91 Å². The van der Waals surface area contributed by atoms with Crippen LogP contribution in [0.15, 0.2) is 30.3 Å². The van der Waals surface area contributed by atoms with Gasteiger partial charge in [0.2, 0.25) is 5.91 Å². The first-order valence-corrected chi connectivity index (χ1v) is 9.00. The van der Waals surface area contributed by atoms with Crippen LogP contribution in [0.5, 0.6) is 0 Å². The molecule has 1 aromatic rings. The molecule has 0 saturated carbocycles. The number of carbonyl (C=O) groups is 1. The van der Waals surface area contributed by atoms with Crippen molar-refractivity contribution in [2.24, 2.45) is 5.73 Å². The number of ether oxygens (including phenoxy) is 2. The summed E-state index contributed by atoms with van der Waals surface area (Å²) in [7, 11) is 1.60. The summed E-state index contributed by atoms with van der Waals surface area (Å²) in [4.78, 5) is 17.2. The molecule has 140 valence electrons. The summed E-state index contributed by atoms with van der Waals surface area (Å²) in [5, 5.41) is 0. The fourth-order valence-corrected chi connectivity index (χ4v) is 3.10. The highest BCUT2D eigenvalue weighted by Crippen LogP contribution is 2.14. The molecule has 1 fully saturated rings. The average molecular weight is 349 g/mol. The Morgan fingerprint density at radius 1 is 1.32 bits per heavy atom. The van der Waals surface area contributed by atoms with Gasteiger partial charge >= 0.3 is 0 Å². The maximum absolute atomic E-state index is 12.9. The van der Waals surface area contributed by atoms with Gasteiger partial charge in [-0.25, -0.2) is 0 Å². The highest BCUT2D eigenvalue weighted by Gasteiger charge is 2.25. The van der Waals surface area contributed by atoms with Crippen LogP contribution in [0.3, 0.4) is 0 Å². The molecule has 25 heavy (non-hydrogen) atoms. The number of amides is 1. The van der Waals surface area contributed by atoms with Crippen LogP contribution in [0.2, 0.25) is 0 Å². The molecular formula is C19H31N3O3. The van der Waals surface area contributed by atoms with Crippen LogP contribution < -0.4 is 5.73 Å². The molecule has 1 saturated heterocycles. The zero-order valence-corrected chi connectivity index (χ0v) is 15.4. The van der Waals surface area contributed by atoms with Gasteiger partial charge in [0.05, 0.1) is 25.7 Å². The third kappa shape index (κ3) is 6.40. The van der Waals surface area contributed by atoms with Crippen LogP contribution in [0.4, 0.5) is 0 Å². The fourth-order valence-electron chi connectivity index (χ4n) is 3.10. The normalized spacial score (nSPS) is 17.9. The number of morpholine rings is 1. The standard InChI is InChI=1S/C19H31N3O3/c1-16(14-21-8-10-25-11-9-21)22(15-17-6-4-3-5-7-17)19(23)12-18(13-20)24-2/h3-7,16,18H,8-15,20H2,1-2H3. The quantitative estimate of drug-likeness (QED) is 0.723. The third-order valence-electron chi connectivity index (χ3n) is 4.67. The number of rotatable bonds is 9. The number of hydrogen-bond donors (Lipinski definition) is 1. The van der Waals surface area contributed by atoms with Crippen molar-refractivity contribution in [2.75, 3.05) is 46.5 Å². The molecular weight excluding hydrogens is 318 g/mol. The molecule has 0 aromatic heterocycles. The van der Waals surface area contributed by atoms with Gasteiger partial charge in [-0.15, -0.1) is 0 Å². The topological polar surface area (TPSA) is 68.0 Å². The summed E-state index contributed by atoms with van der Waals surface area (Å²) in [6, 6.07) is 10.2. The van der Waals surface area contributed by atoms with E-state index in [1.165, 1.54) is 0 Å². The Hall–Kier alpha value is -1.47. The van der Waals surface area contributed by atoms with Gasteiger partial charge in [0, 0.05) is 45.9 Å². The van der Waals surface area contributed by atoms with Crippen molar-refractivity contribution in [3.8, 4) is 0 Å². The Bertz CT molecular complexity index is 502. The lowest BCUT2D eigenvalue weighted by Crippen LogP contribution is -2.48. The van der Waals surface area contributed by atoms with Gasteiger partial charge in [0.1, 0.15) is 0 Å². The predicted molar refractivity (Wildman–Crippen MR) is 98.2 cm³/mol. The Balaban J connectivity index is 2.05. The molecule has 2 N–H and O–H groups in total. The van der Waals surface area contributed by atoms with E-state index < -0.39 is 0 Å². The van der Waals surface area contributed by atoms with Crippen molar-refractivity contribution in [1.29, 1.82) is 0 Å². The summed E-state index contributed by atoms with van der Waals surface area (Å²) in [6.45, 7) is 7.27. The smallest absolute Gasteiger partial charge is 0.225 e. The van der Waals surface area contributed by atoms with E-state index in [2.05, 4.69) is 24.0 Å². The van der Waals surface area contributed by atoms with Crippen molar-refractivity contribution < 1.29 is 14.3 Å². The Morgan fingerprint density at radius 3 is 2.60 bits per heavy atom. The van der Waals surface area contributed by atoms with E-state index in [0.29, 0.717) is 19.5 Å². The van der Waals surface area contributed by atoms with Crippen molar-refractivity contribution in [2.45, 2.75) is 32.0 Å². The van der Waals surface area contributed by atoms with E-state index >= 15 is 0 Å². The Morgan fingerprint density at radius 2 is 2.00 bits per heavy atom. The third-order valence-corrected chi connectivity index (χ3v) is 4.67. The lowest BCUT2D eigenvalue weighted by molar-refractivity contribution is -0.137. The first-order valence-electron chi connectivity index (χ1n) is 9.00. The van der Waals surface area contributed by atoms with Crippen LogP contribution in [-0.4, -0.2) is 74.4 Å². The first-order chi connectivity index (χ1) is 12.1. The molecule has 1 aliphatic heterocycles. The van der Waals surface area contributed by atoms with Gasteiger partial charge < -0.3 is 20.1 Å². The largest absolute Gasteiger partial charge is 0.380 e. The molecule has 2 unspecified atom stereocenters. The van der Waals surface area contributed by atoms with Gasteiger partial charge in [0.25, 0.3) is 0 Å². The number of carbonyl (C=O) groups excluding carboxylic acids is 1. The van der Waals surface area contributed by atoms with Gasteiger partial charge in [-0.1, -0.05) is 30.3 Å². The van der Waals surface area contributed by atoms with Crippen LogP contribution in [-0.2, 0) is 20.8 Å². The maximum atomic E-state index is 12.9. The van der Waals surface area contributed by atoms with Crippen LogP contribution in [0, 0.1) is 0 Å². The Labute approximate surface area is 150 Å². The minimum absolute atomic E-state index is 0.0851. The van der Waals surface area contributed by atoms with Gasteiger partial charge in [-0.2, -0.15) is 0 Å². The summed E-state index contributed by atoms with van der Waals surface area (Å²) in [6.07, 6.45) is 0.0779. The molecule has 0 spiro atoms. The fraction of sp³-hybridized carbons (Fsp3) is 0.632. The van der Waals surface area contributed by atoms with E-state index in [0.717, 1.165) is 38.4 Å². The highest BCUT2D eigenvalue weighted by molar-refractivity contribution is 5.77. The molecule has 6 heteroatoms. The summed E-state index contributed by atoms with van der Waals surface area (Å²) in [5.74, 6) is 0.0851. The second-order valence-corrected chi connectivity index (χ2v) is 6.57. The van der Waals surface area contributed by atoms with E-state index in [4.69, 9.17) is 15.2 Å². The van der Waals surface area contributed by atoms with Gasteiger partial charge in [-0.3, -0.25) is 9.69 Å². The van der Waals surface area contributed by atoms with E-state index in [1.807, 2.05) is 23.1 Å². The second-order valence-electron chi connectivity index (χ2n) is 6.57. The zero-order chi connectivity index (χ0) is 18.1. The summed E-state index contributed by atoms with van der Waals surface area (Å²) in [5.41, 5.74) is 6.82. The van der Waals surface area contributed by atoms with E-state index in [1.54, 1.807) is 7.11 Å². The highest BCUT2D eigenvalue weighted by atomic mass is 16.5. The summed E-state index contributed by atoms with van der Waals surface area (Å²) < 4.78 is 10.7. The molecule has 0 radical (unpaired) electrons. The maximum Gasteiger partial charge on any atom is 0.225 e. The monoisotopic (exact) mass is 349 g/mol. The van der Waals surface area contributed by atoms with Crippen LogP contribution in [0.25, 0.3) is 0 Å². The number of benzene rings is 1. The SMILES string of the molecule is COC(CN)CC(=O)N(Cc1ccccc1)C(C)CN1CCOCC1. The molecule has 2 rings (SSSR count). The van der Waals surface area contributed by atoms with E-state index in [9.17, 15) is 4.79 Å². The zero-order valence-electron chi connectivity index (χ0n) is 15.4. The summed E-state index contributed by atoms with van der Waals surface area (Å²) >= 11 is 0. The molecule has 2 atom stereocenters. The number of nitrogens with two attached hydrogens (primary N) is 1. The Kier molecular flexibility index (Phi) is 8.34. The van der Waals surface area contributed by atoms with Crippen LogP contribution >= 0.6 is 0 Å². The van der Waals surface area contributed by atoms with Crippen LogP contribution in [0.1, 0.15) is 18.9 Å². The molecule has 0 aliphatic carbocycles. The number of hydrogen-bond acceptors (Lipinski definition) is 5. The lowest BCUT2D eigenvalue weighted by atomic mass is 10.1. The molecule has 1 heterocycles. The molecule has 6 nitrogen and oxygen atoms in total. The average Bonchev–Trinajstić information content (AvgIpc) is 2.65. The molecule has 0 bridgehead atoms. The molecule has 1 aromatic carbocycles. The molecule has 1 amide bonds. The van der Waals surface area contributed by atoms with Crippen molar-refractivity contribution in [3.05, 3.63) is 35.9 Å². The second kappa shape index (κ2) is 10.5.